The molecule has 1 heterocycles. The summed E-state index contributed by atoms with van der Waals surface area (Å²) in [7, 11) is 0. The minimum atomic E-state index is 0.353. The van der Waals surface area contributed by atoms with E-state index < -0.39 is 0 Å². The lowest BCUT2D eigenvalue weighted by Gasteiger charge is -2.15. The molecule has 1 aromatic rings. The summed E-state index contributed by atoms with van der Waals surface area (Å²) in [5.41, 5.74) is 8.54. The summed E-state index contributed by atoms with van der Waals surface area (Å²) in [6, 6.07) is 0.353. The lowest BCUT2D eigenvalue weighted by Crippen LogP contribution is -2.27. The quantitative estimate of drug-likeness (QED) is 0.739. The highest BCUT2D eigenvalue weighted by atomic mass is 15.3. The van der Waals surface area contributed by atoms with Gasteiger partial charge in [-0.15, -0.1) is 0 Å². The van der Waals surface area contributed by atoms with Crippen LogP contribution < -0.4 is 5.73 Å². The number of fused-ring (bicyclic) bond motifs is 1. The molecule has 0 fully saturated rings. The maximum absolute atomic E-state index is 5.90. The van der Waals surface area contributed by atoms with Gasteiger partial charge in [-0.3, -0.25) is 4.68 Å². The Bertz CT molecular complexity index is 290. The monoisotopic (exact) mass is 179 g/mol. The van der Waals surface area contributed by atoms with Gasteiger partial charge >= 0.3 is 0 Å². The molecule has 1 unspecified atom stereocenters. The molecule has 1 aliphatic carbocycles. The van der Waals surface area contributed by atoms with Crippen molar-refractivity contribution >= 4 is 0 Å². The zero-order chi connectivity index (χ0) is 9.26. The van der Waals surface area contributed by atoms with Crippen molar-refractivity contribution in [3.05, 3.63) is 17.5 Å². The minimum absolute atomic E-state index is 0.353. The van der Waals surface area contributed by atoms with Gasteiger partial charge in [-0.1, -0.05) is 6.92 Å². The number of aromatic nitrogens is 2. The number of hydrogen-bond acceptors (Lipinski definition) is 2. The lowest BCUT2D eigenvalue weighted by molar-refractivity contribution is 0.561. The van der Waals surface area contributed by atoms with Crippen LogP contribution in [0.2, 0.25) is 0 Å². The van der Waals surface area contributed by atoms with Crippen LogP contribution in [0.25, 0.3) is 0 Å². The predicted octanol–water partition coefficient (Wildman–Crippen LogP) is 1.11. The molecule has 3 heteroatoms. The van der Waals surface area contributed by atoms with Gasteiger partial charge in [-0.05, 0) is 31.2 Å². The largest absolute Gasteiger partial charge is 0.327 e. The molecule has 1 atom stereocenters. The normalized spacial score (nSPS) is 21.5. The van der Waals surface area contributed by atoms with E-state index in [1.54, 1.807) is 0 Å². The van der Waals surface area contributed by atoms with Gasteiger partial charge in [0, 0.05) is 18.8 Å². The standard InChI is InChI=1S/C10H17N3/c1-2-5-13-7-8-6-9(11)3-4-10(8)12-13/h7,9H,2-6,11H2,1H3. The van der Waals surface area contributed by atoms with E-state index in [4.69, 9.17) is 5.73 Å². The fraction of sp³-hybridized carbons (Fsp3) is 0.700. The van der Waals surface area contributed by atoms with E-state index in [0.717, 1.165) is 32.2 Å². The Labute approximate surface area is 78.9 Å². The summed E-state index contributed by atoms with van der Waals surface area (Å²) >= 11 is 0. The van der Waals surface area contributed by atoms with Crippen LogP contribution >= 0.6 is 0 Å². The molecule has 3 nitrogen and oxygen atoms in total. The first kappa shape index (κ1) is 8.75. The van der Waals surface area contributed by atoms with Crippen molar-refractivity contribution in [3.63, 3.8) is 0 Å². The van der Waals surface area contributed by atoms with Crippen LogP contribution in [0, 0.1) is 0 Å². The number of nitrogens with two attached hydrogens (primary N) is 1. The van der Waals surface area contributed by atoms with Gasteiger partial charge in [0.15, 0.2) is 0 Å². The van der Waals surface area contributed by atoms with Gasteiger partial charge in [0.2, 0.25) is 0 Å². The van der Waals surface area contributed by atoms with Crippen LogP contribution in [0.4, 0.5) is 0 Å². The van der Waals surface area contributed by atoms with Crippen molar-refractivity contribution in [1.29, 1.82) is 0 Å². The van der Waals surface area contributed by atoms with Crippen molar-refractivity contribution in [3.8, 4) is 0 Å². The zero-order valence-corrected chi connectivity index (χ0v) is 8.16. The number of nitrogens with zero attached hydrogens (tertiary/aromatic N) is 2. The SMILES string of the molecule is CCCn1cc2c(n1)CCC(N)C2. The first-order chi connectivity index (χ1) is 6.29. The molecule has 0 amide bonds. The number of aryl methyl sites for hydroxylation is 2. The second-order valence-electron chi connectivity index (χ2n) is 3.87. The predicted molar refractivity (Wildman–Crippen MR) is 52.5 cm³/mol. The molecule has 0 saturated carbocycles. The summed E-state index contributed by atoms with van der Waals surface area (Å²) < 4.78 is 2.06. The zero-order valence-electron chi connectivity index (χ0n) is 8.16. The summed E-state index contributed by atoms with van der Waals surface area (Å²) in [5.74, 6) is 0. The fourth-order valence-corrected chi connectivity index (χ4v) is 1.93. The van der Waals surface area contributed by atoms with Crippen LogP contribution in [-0.4, -0.2) is 15.8 Å². The molecule has 0 saturated heterocycles. The van der Waals surface area contributed by atoms with Crippen LogP contribution in [0.1, 0.15) is 31.0 Å². The van der Waals surface area contributed by atoms with Crippen LogP contribution in [0.15, 0.2) is 6.20 Å². The molecule has 2 N–H and O–H groups in total. The molecule has 0 radical (unpaired) electrons. The second-order valence-corrected chi connectivity index (χ2v) is 3.87. The van der Waals surface area contributed by atoms with Gasteiger partial charge in [0.25, 0.3) is 0 Å². The molecule has 1 aromatic heterocycles. The Morgan fingerprint density at radius 3 is 3.31 bits per heavy atom. The highest BCUT2D eigenvalue weighted by molar-refractivity contribution is 5.21. The summed E-state index contributed by atoms with van der Waals surface area (Å²) in [5, 5.41) is 4.54. The molecule has 0 aliphatic heterocycles. The Balaban J connectivity index is 2.18. The summed E-state index contributed by atoms with van der Waals surface area (Å²) in [4.78, 5) is 0. The van der Waals surface area contributed by atoms with Crippen molar-refractivity contribution in [2.75, 3.05) is 0 Å². The summed E-state index contributed by atoms with van der Waals surface area (Å²) in [6.45, 7) is 3.20. The highest BCUT2D eigenvalue weighted by Crippen LogP contribution is 2.18. The van der Waals surface area contributed by atoms with Gasteiger partial charge in [0.1, 0.15) is 0 Å². The molecule has 0 spiro atoms. The van der Waals surface area contributed by atoms with E-state index in [1.165, 1.54) is 11.3 Å². The third kappa shape index (κ3) is 1.75. The van der Waals surface area contributed by atoms with Crippen molar-refractivity contribution in [2.45, 2.75) is 45.2 Å². The van der Waals surface area contributed by atoms with E-state index >= 15 is 0 Å². The Kier molecular flexibility index (Phi) is 2.36. The summed E-state index contributed by atoms with van der Waals surface area (Å²) in [6.07, 6.45) is 6.48. The second kappa shape index (κ2) is 3.50. The number of rotatable bonds is 2. The highest BCUT2D eigenvalue weighted by Gasteiger charge is 2.18. The smallest absolute Gasteiger partial charge is 0.0657 e. The van der Waals surface area contributed by atoms with E-state index in [1.807, 2.05) is 0 Å². The van der Waals surface area contributed by atoms with E-state index in [0.29, 0.717) is 6.04 Å². The Hall–Kier alpha value is -0.830. The van der Waals surface area contributed by atoms with Gasteiger partial charge in [-0.25, -0.2) is 0 Å². The van der Waals surface area contributed by atoms with Crippen LogP contribution in [0.3, 0.4) is 0 Å². The topological polar surface area (TPSA) is 43.8 Å². The molecule has 2 rings (SSSR count). The number of hydrogen-bond donors (Lipinski definition) is 1. The molecule has 0 aromatic carbocycles. The first-order valence-electron chi connectivity index (χ1n) is 5.10. The molecule has 13 heavy (non-hydrogen) atoms. The molecular weight excluding hydrogens is 162 g/mol. The average molecular weight is 179 g/mol. The first-order valence-corrected chi connectivity index (χ1v) is 5.10. The van der Waals surface area contributed by atoms with Gasteiger partial charge in [-0.2, -0.15) is 5.10 Å². The molecule has 0 bridgehead atoms. The lowest BCUT2D eigenvalue weighted by atomic mass is 9.94. The van der Waals surface area contributed by atoms with E-state index in [9.17, 15) is 0 Å². The van der Waals surface area contributed by atoms with Crippen LogP contribution in [0.5, 0.6) is 0 Å². The van der Waals surface area contributed by atoms with Crippen molar-refractivity contribution < 1.29 is 0 Å². The Morgan fingerprint density at radius 1 is 1.69 bits per heavy atom. The van der Waals surface area contributed by atoms with Crippen LogP contribution in [-0.2, 0) is 19.4 Å². The maximum Gasteiger partial charge on any atom is 0.0657 e. The Morgan fingerprint density at radius 2 is 2.54 bits per heavy atom. The van der Waals surface area contributed by atoms with Crippen molar-refractivity contribution in [2.24, 2.45) is 5.73 Å². The maximum atomic E-state index is 5.90. The van der Waals surface area contributed by atoms with E-state index in [-0.39, 0.29) is 0 Å². The van der Waals surface area contributed by atoms with Gasteiger partial charge in [0.05, 0.1) is 5.69 Å². The minimum Gasteiger partial charge on any atom is -0.327 e. The third-order valence-corrected chi connectivity index (χ3v) is 2.61. The van der Waals surface area contributed by atoms with Crippen molar-refractivity contribution in [1.82, 2.24) is 9.78 Å². The average Bonchev–Trinajstić information content (AvgIpc) is 2.46. The molecular formula is C10H17N3. The molecule has 72 valence electrons. The fourth-order valence-electron chi connectivity index (χ4n) is 1.93. The molecule has 1 aliphatic rings. The third-order valence-electron chi connectivity index (χ3n) is 2.61. The van der Waals surface area contributed by atoms with E-state index in [2.05, 4.69) is 22.9 Å². The van der Waals surface area contributed by atoms with Gasteiger partial charge < -0.3 is 5.73 Å².